The molecule has 108 valence electrons. The minimum absolute atomic E-state index is 0.125. The van der Waals surface area contributed by atoms with Crippen molar-refractivity contribution in [3.63, 3.8) is 0 Å². The van der Waals surface area contributed by atoms with Crippen LogP contribution in [0.25, 0.3) is 0 Å². The zero-order chi connectivity index (χ0) is 14.3. The quantitative estimate of drug-likeness (QED) is 0.790. The third-order valence-electron chi connectivity index (χ3n) is 2.50. The van der Waals surface area contributed by atoms with Crippen molar-refractivity contribution in [1.82, 2.24) is 24.9 Å². The minimum atomic E-state index is -0.125. The Balaban J connectivity index is 2.52. The highest BCUT2D eigenvalue weighted by Gasteiger charge is 2.15. The Morgan fingerprint density at radius 3 is 2.16 bits per heavy atom. The second kappa shape index (κ2) is 8.03. The number of hydrogen-bond acceptors (Lipinski definition) is 6. The summed E-state index contributed by atoms with van der Waals surface area (Å²) in [5.74, 6) is 0. The number of rotatable bonds is 7. The minimum Gasteiger partial charge on any atom is -0.322 e. The second-order valence-corrected chi connectivity index (χ2v) is 5.60. The predicted octanol–water partition coefficient (Wildman–Crippen LogP) is 0.495. The molecule has 8 heteroatoms. The van der Waals surface area contributed by atoms with Gasteiger partial charge in [0.05, 0.1) is 0 Å². The Kier molecular flexibility index (Phi) is 6.68. The van der Waals surface area contributed by atoms with E-state index in [2.05, 4.69) is 25.3 Å². The van der Waals surface area contributed by atoms with Gasteiger partial charge in [-0.2, -0.15) is 0 Å². The first-order chi connectivity index (χ1) is 8.99. The first kappa shape index (κ1) is 15.8. The van der Waals surface area contributed by atoms with E-state index in [9.17, 15) is 4.79 Å². The number of urea groups is 1. The Morgan fingerprint density at radius 1 is 1.16 bits per heavy atom. The maximum Gasteiger partial charge on any atom is 0.323 e. The van der Waals surface area contributed by atoms with E-state index in [1.165, 1.54) is 11.3 Å². The van der Waals surface area contributed by atoms with Crippen LogP contribution in [0.15, 0.2) is 5.51 Å². The molecule has 1 rings (SSSR count). The van der Waals surface area contributed by atoms with Crippen molar-refractivity contribution in [2.75, 3.05) is 59.7 Å². The predicted molar refractivity (Wildman–Crippen MR) is 77.6 cm³/mol. The molecule has 0 aromatic carbocycles. The molecule has 0 atom stereocenters. The van der Waals surface area contributed by atoms with Gasteiger partial charge in [0.2, 0.25) is 5.13 Å². The molecule has 1 N–H and O–H groups in total. The first-order valence-corrected chi connectivity index (χ1v) is 6.98. The van der Waals surface area contributed by atoms with Gasteiger partial charge < -0.3 is 14.7 Å². The zero-order valence-electron chi connectivity index (χ0n) is 12.0. The van der Waals surface area contributed by atoms with Gasteiger partial charge in [0.25, 0.3) is 0 Å². The van der Waals surface area contributed by atoms with Gasteiger partial charge in [0.15, 0.2) is 0 Å². The highest BCUT2D eigenvalue weighted by Crippen LogP contribution is 2.09. The number of hydrogen-bond donors (Lipinski definition) is 1. The maximum absolute atomic E-state index is 12.2. The molecule has 0 aliphatic carbocycles. The van der Waals surface area contributed by atoms with E-state index in [0.29, 0.717) is 18.2 Å². The summed E-state index contributed by atoms with van der Waals surface area (Å²) in [5, 5.41) is 10.8. The van der Waals surface area contributed by atoms with E-state index in [4.69, 9.17) is 0 Å². The lowest BCUT2D eigenvalue weighted by Gasteiger charge is -2.25. The number of aromatic nitrogens is 2. The SMILES string of the molecule is CN(C)CCN(CCN(C)C)C(=O)Nc1nncs1. The van der Waals surface area contributed by atoms with Gasteiger partial charge in [-0.05, 0) is 28.2 Å². The first-order valence-electron chi connectivity index (χ1n) is 6.10. The number of amides is 2. The molecule has 0 radical (unpaired) electrons. The molecule has 0 aliphatic rings. The van der Waals surface area contributed by atoms with E-state index < -0.39 is 0 Å². The van der Waals surface area contributed by atoms with Crippen molar-refractivity contribution < 1.29 is 4.79 Å². The van der Waals surface area contributed by atoms with Gasteiger partial charge in [-0.1, -0.05) is 11.3 Å². The topological polar surface area (TPSA) is 64.6 Å². The average molecular weight is 286 g/mol. The van der Waals surface area contributed by atoms with Crippen LogP contribution >= 0.6 is 11.3 Å². The van der Waals surface area contributed by atoms with Gasteiger partial charge in [0.1, 0.15) is 5.51 Å². The molecule has 0 bridgehead atoms. The van der Waals surface area contributed by atoms with Crippen LogP contribution in [-0.2, 0) is 0 Å². The van der Waals surface area contributed by atoms with Crippen LogP contribution < -0.4 is 5.32 Å². The molecule has 0 unspecified atom stereocenters. The van der Waals surface area contributed by atoms with Gasteiger partial charge in [-0.3, -0.25) is 5.32 Å². The maximum atomic E-state index is 12.2. The number of carbonyl (C=O) groups is 1. The summed E-state index contributed by atoms with van der Waals surface area (Å²) in [6.45, 7) is 3.03. The van der Waals surface area contributed by atoms with E-state index in [0.717, 1.165) is 13.1 Å². The van der Waals surface area contributed by atoms with Crippen LogP contribution in [0.1, 0.15) is 0 Å². The molecule has 0 saturated heterocycles. The standard InChI is InChI=1S/C11H22N6OS/c1-15(2)5-7-17(8-6-16(3)4)11(18)13-10-14-12-9-19-10/h9H,5-8H2,1-4H3,(H,13,14,18). The molecule has 19 heavy (non-hydrogen) atoms. The lowest BCUT2D eigenvalue weighted by Crippen LogP contribution is -2.42. The van der Waals surface area contributed by atoms with E-state index >= 15 is 0 Å². The smallest absolute Gasteiger partial charge is 0.322 e. The van der Waals surface area contributed by atoms with Crippen LogP contribution in [0.5, 0.6) is 0 Å². The van der Waals surface area contributed by atoms with Crippen LogP contribution in [0, 0.1) is 0 Å². The zero-order valence-corrected chi connectivity index (χ0v) is 12.8. The summed E-state index contributed by atoms with van der Waals surface area (Å²) < 4.78 is 0. The van der Waals surface area contributed by atoms with Crippen molar-refractivity contribution in [2.45, 2.75) is 0 Å². The fraction of sp³-hybridized carbons (Fsp3) is 0.727. The molecular formula is C11H22N6OS. The Labute approximate surface area is 118 Å². The van der Waals surface area contributed by atoms with Gasteiger partial charge in [-0.15, -0.1) is 10.2 Å². The molecule has 2 amide bonds. The highest BCUT2D eigenvalue weighted by atomic mass is 32.1. The molecule has 0 spiro atoms. The largest absolute Gasteiger partial charge is 0.323 e. The van der Waals surface area contributed by atoms with Crippen LogP contribution in [0.3, 0.4) is 0 Å². The molecular weight excluding hydrogens is 264 g/mol. The van der Waals surface area contributed by atoms with Crippen molar-refractivity contribution >= 4 is 22.5 Å². The fourth-order valence-corrected chi connectivity index (χ4v) is 1.79. The molecule has 0 fully saturated rings. The molecule has 0 aliphatic heterocycles. The summed E-state index contributed by atoms with van der Waals surface area (Å²) in [4.78, 5) is 18.1. The summed E-state index contributed by atoms with van der Waals surface area (Å²) in [5.41, 5.74) is 1.60. The number of likely N-dealkylation sites (N-methyl/N-ethyl adjacent to an activating group) is 2. The summed E-state index contributed by atoms with van der Waals surface area (Å²) in [7, 11) is 7.97. The van der Waals surface area contributed by atoms with E-state index in [-0.39, 0.29) is 6.03 Å². The molecule has 1 heterocycles. The van der Waals surface area contributed by atoms with Gasteiger partial charge in [0, 0.05) is 26.2 Å². The monoisotopic (exact) mass is 286 g/mol. The van der Waals surface area contributed by atoms with Crippen molar-refractivity contribution in [2.24, 2.45) is 0 Å². The van der Waals surface area contributed by atoms with Crippen LogP contribution in [0.2, 0.25) is 0 Å². The highest BCUT2D eigenvalue weighted by molar-refractivity contribution is 7.13. The average Bonchev–Trinajstić information content (AvgIpc) is 2.80. The molecule has 0 saturated carbocycles. The Morgan fingerprint density at radius 2 is 1.74 bits per heavy atom. The summed E-state index contributed by atoms with van der Waals surface area (Å²) in [6.07, 6.45) is 0. The Bertz CT molecular complexity index is 355. The lowest BCUT2D eigenvalue weighted by molar-refractivity contribution is 0.198. The van der Waals surface area contributed by atoms with Crippen molar-refractivity contribution in [3.05, 3.63) is 5.51 Å². The lowest BCUT2D eigenvalue weighted by atomic mass is 10.4. The Hall–Kier alpha value is -1.25. The second-order valence-electron chi connectivity index (χ2n) is 4.77. The number of anilines is 1. The number of carbonyl (C=O) groups excluding carboxylic acids is 1. The normalized spacial score (nSPS) is 11.1. The van der Waals surface area contributed by atoms with Crippen molar-refractivity contribution in [3.8, 4) is 0 Å². The number of nitrogens with one attached hydrogen (secondary N) is 1. The summed E-state index contributed by atoms with van der Waals surface area (Å²) in [6, 6.07) is -0.125. The summed E-state index contributed by atoms with van der Waals surface area (Å²) >= 11 is 1.32. The third-order valence-corrected chi connectivity index (χ3v) is 3.10. The van der Waals surface area contributed by atoms with Gasteiger partial charge in [-0.25, -0.2) is 4.79 Å². The molecule has 1 aromatic heterocycles. The fourth-order valence-electron chi connectivity index (χ4n) is 1.35. The molecule has 7 nitrogen and oxygen atoms in total. The van der Waals surface area contributed by atoms with E-state index in [1.54, 1.807) is 10.4 Å². The van der Waals surface area contributed by atoms with Crippen LogP contribution in [-0.4, -0.2) is 85.3 Å². The van der Waals surface area contributed by atoms with Crippen LogP contribution in [0.4, 0.5) is 9.93 Å². The third kappa shape index (κ3) is 6.46. The van der Waals surface area contributed by atoms with Gasteiger partial charge >= 0.3 is 6.03 Å². The van der Waals surface area contributed by atoms with E-state index in [1.807, 2.05) is 28.2 Å². The molecule has 1 aromatic rings. The number of nitrogens with zero attached hydrogens (tertiary/aromatic N) is 5. The van der Waals surface area contributed by atoms with Crippen molar-refractivity contribution in [1.29, 1.82) is 0 Å².